The summed E-state index contributed by atoms with van der Waals surface area (Å²) in [6.07, 6.45) is 0.903. The molecule has 1 aromatic rings. The van der Waals surface area contributed by atoms with Crippen LogP contribution in [0.4, 0.5) is 5.69 Å². The standard InChI is InChI=1S/C11H17N3O/c1-8-9(11(13)15)4-2-5-10(8)14-7-3-6-12/h2,4-5,14H,3,6-7,12H2,1H3,(H2,13,15). The molecule has 0 heterocycles. The van der Waals surface area contributed by atoms with E-state index in [1.54, 1.807) is 6.07 Å². The van der Waals surface area contributed by atoms with Gasteiger partial charge in [-0.25, -0.2) is 0 Å². The summed E-state index contributed by atoms with van der Waals surface area (Å²) in [4.78, 5) is 11.1. The largest absolute Gasteiger partial charge is 0.385 e. The van der Waals surface area contributed by atoms with Gasteiger partial charge < -0.3 is 16.8 Å². The number of rotatable bonds is 5. The van der Waals surface area contributed by atoms with E-state index in [9.17, 15) is 4.79 Å². The molecule has 0 aliphatic carbocycles. The summed E-state index contributed by atoms with van der Waals surface area (Å²) in [5.41, 5.74) is 13.0. The molecule has 0 bridgehead atoms. The Hall–Kier alpha value is -1.55. The Kier molecular flexibility index (Phi) is 4.12. The molecule has 5 N–H and O–H groups in total. The second-order valence-corrected chi connectivity index (χ2v) is 3.41. The summed E-state index contributed by atoms with van der Waals surface area (Å²) in [5.74, 6) is -0.394. The van der Waals surface area contributed by atoms with Gasteiger partial charge in [-0.05, 0) is 37.6 Å². The summed E-state index contributed by atoms with van der Waals surface area (Å²) in [5, 5.41) is 3.22. The first-order valence-corrected chi connectivity index (χ1v) is 5.00. The minimum Gasteiger partial charge on any atom is -0.385 e. The van der Waals surface area contributed by atoms with E-state index in [2.05, 4.69) is 5.32 Å². The van der Waals surface area contributed by atoms with Crippen molar-refractivity contribution in [3.8, 4) is 0 Å². The highest BCUT2D eigenvalue weighted by Crippen LogP contribution is 2.18. The van der Waals surface area contributed by atoms with Crippen LogP contribution in [0.3, 0.4) is 0 Å². The first-order valence-electron chi connectivity index (χ1n) is 5.00. The van der Waals surface area contributed by atoms with Crippen molar-refractivity contribution >= 4 is 11.6 Å². The lowest BCUT2D eigenvalue weighted by molar-refractivity contribution is 0.1000. The van der Waals surface area contributed by atoms with Crippen LogP contribution in [0.15, 0.2) is 18.2 Å². The number of anilines is 1. The van der Waals surface area contributed by atoms with E-state index in [1.165, 1.54) is 0 Å². The Morgan fingerprint density at radius 1 is 1.47 bits per heavy atom. The third kappa shape index (κ3) is 2.95. The molecule has 0 aliphatic heterocycles. The van der Waals surface area contributed by atoms with Crippen LogP contribution >= 0.6 is 0 Å². The molecule has 0 atom stereocenters. The molecule has 0 aromatic heterocycles. The molecular weight excluding hydrogens is 190 g/mol. The molecule has 15 heavy (non-hydrogen) atoms. The SMILES string of the molecule is Cc1c(NCCCN)cccc1C(N)=O. The molecule has 0 saturated carbocycles. The van der Waals surface area contributed by atoms with Gasteiger partial charge in [0.25, 0.3) is 0 Å². The molecule has 0 aliphatic rings. The number of primary amides is 1. The first kappa shape index (κ1) is 11.5. The zero-order valence-corrected chi connectivity index (χ0v) is 8.92. The highest BCUT2D eigenvalue weighted by atomic mass is 16.1. The number of nitrogens with two attached hydrogens (primary N) is 2. The fourth-order valence-corrected chi connectivity index (χ4v) is 1.42. The van der Waals surface area contributed by atoms with Crippen molar-refractivity contribution in [1.82, 2.24) is 0 Å². The highest BCUT2D eigenvalue weighted by molar-refractivity contribution is 5.95. The number of hydrogen-bond acceptors (Lipinski definition) is 3. The van der Waals surface area contributed by atoms with Crippen molar-refractivity contribution in [1.29, 1.82) is 0 Å². The summed E-state index contributed by atoms with van der Waals surface area (Å²) < 4.78 is 0. The minimum atomic E-state index is -0.394. The zero-order valence-electron chi connectivity index (χ0n) is 8.92. The number of benzene rings is 1. The van der Waals surface area contributed by atoms with Crippen LogP contribution < -0.4 is 16.8 Å². The monoisotopic (exact) mass is 207 g/mol. The lowest BCUT2D eigenvalue weighted by atomic mass is 10.1. The third-order valence-corrected chi connectivity index (χ3v) is 2.30. The van der Waals surface area contributed by atoms with E-state index in [4.69, 9.17) is 11.5 Å². The molecule has 0 unspecified atom stereocenters. The summed E-state index contributed by atoms with van der Waals surface area (Å²) in [6.45, 7) is 3.34. The van der Waals surface area contributed by atoms with Crippen LogP contribution in [-0.4, -0.2) is 19.0 Å². The lowest BCUT2D eigenvalue weighted by Crippen LogP contribution is -2.15. The zero-order chi connectivity index (χ0) is 11.3. The maximum Gasteiger partial charge on any atom is 0.249 e. The molecule has 4 nitrogen and oxygen atoms in total. The van der Waals surface area contributed by atoms with E-state index in [0.29, 0.717) is 12.1 Å². The molecule has 82 valence electrons. The maximum absolute atomic E-state index is 11.1. The van der Waals surface area contributed by atoms with Crippen molar-refractivity contribution in [3.05, 3.63) is 29.3 Å². The van der Waals surface area contributed by atoms with E-state index >= 15 is 0 Å². The van der Waals surface area contributed by atoms with Crippen LogP contribution in [-0.2, 0) is 0 Å². The molecule has 0 spiro atoms. The number of hydrogen-bond donors (Lipinski definition) is 3. The third-order valence-electron chi connectivity index (χ3n) is 2.30. The van der Waals surface area contributed by atoms with Gasteiger partial charge in [-0.15, -0.1) is 0 Å². The smallest absolute Gasteiger partial charge is 0.249 e. The molecule has 0 fully saturated rings. The van der Waals surface area contributed by atoms with E-state index in [0.717, 1.165) is 24.2 Å². The van der Waals surface area contributed by atoms with Crippen LogP contribution in [0.25, 0.3) is 0 Å². The van der Waals surface area contributed by atoms with E-state index < -0.39 is 5.91 Å². The second-order valence-electron chi connectivity index (χ2n) is 3.41. The second kappa shape index (κ2) is 5.36. The van der Waals surface area contributed by atoms with Crippen LogP contribution in [0.2, 0.25) is 0 Å². The normalized spacial score (nSPS) is 10.0. The molecule has 1 aromatic carbocycles. The van der Waals surface area contributed by atoms with Crippen molar-refractivity contribution < 1.29 is 4.79 Å². The van der Waals surface area contributed by atoms with E-state index in [-0.39, 0.29) is 0 Å². The Labute approximate surface area is 89.6 Å². The predicted molar refractivity (Wildman–Crippen MR) is 61.9 cm³/mol. The van der Waals surface area contributed by atoms with Crippen LogP contribution in [0, 0.1) is 6.92 Å². The fourth-order valence-electron chi connectivity index (χ4n) is 1.42. The minimum absolute atomic E-state index is 0.394. The average molecular weight is 207 g/mol. The van der Waals surface area contributed by atoms with Crippen molar-refractivity contribution in [3.63, 3.8) is 0 Å². The maximum atomic E-state index is 11.1. The van der Waals surface area contributed by atoms with Gasteiger partial charge in [-0.2, -0.15) is 0 Å². The van der Waals surface area contributed by atoms with Crippen LogP contribution in [0.1, 0.15) is 22.3 Å². The van der Waals surface area contributed by atoms with Gasteiger partial charge in [0, 0.05) is 17.8 Å². The Balaban J connectivity index is 2.80. The molecule has 4 heteroatoms. The summed E-state index contributed by atoms with van der Waals surface area (Å²) >= 11 is 0. The molecule has 1 rings (SSSR count). The fraction of sp³-hybridized carbons (Fsp3) is 0.364. The molecule has 1 amide bonds. The van der Waals surface area contributed by atoms with Gasteiger partial charge in [0.1, 0.15) is 0 Å². The van der Waals surface area contributed by atoms with Gasteiger partial charge in [0.2, 0.25) is 5.91 Å². The summed E-state index contributed by atoms with van der Waals surface area (Å²) in [6, 6.07) is 5.47. The number of carbonyl (C=O) groups is 1. The van der Waals surface area contributed by atoms with Crippen molar-refractivity contribution in [2.45, 2.75) is 13.3 Å². The number of carbonyl (C=O) groups excluding carboxylic acids is 1. The lowest BCUT2D eigenvalue weighted by Gasteiger charge is -2.11. The van der Waals surface area contributed by atoms with Crippen LogP contribution in [0.5, 0.6) is 0 Å². The van der Waals surface area contributed by atoms with E-state index in [1.807, 2.05) is 19.1 Å². The highest BCUT2D eigenvalue weighted by Gasteiger charge is 2.07. The number of nitrogens with one attached hydrogen (secondary N) is 1. The first-order chi connectivity index (χ1) is 7.16. The Bertz CT molecular complexity index is 350. The summed E-state index contributed by atoms with van der Waals surface area (Å²) in [7, 11) is 0. The van der Waals surface area contributed by atoms with Gasteiger partial charge in [0.15, 0.2) is 0 Å². The Morgan fingerprint density at radius 2 is 2.20 bits per heavy atom. The number of amides is 1. The molecule has 0 saturated heterocycles. The van der Waals surface area contributed by atoms with Gasteiger partial charge in [0.05, 0.1) is 0 Å². The van der Waals surface area contributed by atoms with Gasteiger partial charge in [-0.1, -0.05) is 6.07 Å². The molecular formula is C11H17N3O. The van der Waals surface area contributed by atoms with Gasteiger partial charge >= 0.3 is 0 Å². The quantitative estimate of drug-likeness (QED) is 0.626. The molecule has 0 radical (unpaired) electrons. The van der Waals surface area contributed by atoms with Gasteiger partial charge in [-0.3, -0.25) is 4.79 Å². The van der Waals surface area contributed by atoms with Crippen molar-refractivity contribution in [2.24, 2.45) is 11.5 Å². The Morgan fingerprint density at radius 3 is 2.80 bits per heavy atom. The average Bonchev–Trinajstić information content (AvgIpc) is 2.20. The predicted octanol–water partition coefficient (Wildman–Crippen LogP) is 0.855. The van der Waals surface area contributed by atoms with Crippen molar-refractivity contribution in [2.75, 3.05) is 18.4 Å². The topological polar surface area (TPSA) is 81.1 Å².